The zero-order valence-corrected chi connectivity index (χ0v) is 7.80. The van der Waals surface area contributed by atoms with Crippen LogP contribution in [0.25, 0.3) is 0 Å². The summed E-state index contributed by atoms with van der Waals surface area (Å²) < 4.78 is 4.88. The molecule has 1 aliphatic carbocycles. The largest absolute Gasteiger partial charge is 0.414 e. The van der Waals surface area contributed by atoms with Gasteiger partial charge in [-0.05, 0) is 36.5 Å². The molecule has 1 aromatic rings. The monoisotopic (exact) mass is 196 g/mol. The number of carbonyl (C=O) groups is 1. The number of benzene rings is 1. The second kappa shape index (κ2) is 3.38. The van der Waals surface area contributed by atoms with Gasteiger partial charge in [0.1, 0.15) is 5.75 Å². The Kier molecular flexibility index (Phi) is 2.23. The highest BCUT2D eigenvalue weighted by Gasteiger charge is 2.16. The van der Waals surface area contributed by atoms with Gasteiger partial charge in [-0.25, -0.2) is 4.79 Å². The summed E-state index contributed by atoms with van der Waals surface area (Å²) >= 11 is 5.15. The molecule has 0 heterocycles. The molecule has 1 aliphatic rings. The van der Waals surface area contributed by atoms with Crippen LogP contribution in [0.4, 0.5) is 4.79 Å². The van der Waals surface area contributed by atoms with Crippen molar-refractivity contribution in [1.29, 1.82) is 0 Å². The first-order valence-electron chi connectivity index (χ1n) is 4.25. The Bertz CT molecular complexity index is 347. The molecule has 0 N–H and O–H groups in total. The van der Waals surface area contributed by atoms with E-state index in [2.05, 4.69) is 6.07 Å². The Morgan fingerprint density at radius 3 is 3.00 bits per heavy atom. The van der Waals surface area contributed by atoms with Gasteiger partial charge in [0.15, 0.2) is 0 Å². The lowest BCUT2D eigenvalue weighted by Gasteiger charge is -2.05. The highest BCUT2D eigenvalue weighted by Crippen LogP contribution is 2.30. The summed E-state index contributed by atoms with van der Waals surface area (Å²) in [6.07, 6.45) is 3.19. The van der Waals surface area contributed by atoms with E-state index in [-0.39, 0.29) is 0 Å². The first-order chi connectivity index (χ1) is 6.27. The summed E-state index contributed by atoms with van der Waals surface area (Å²) in [6.45, 7) is 0. The maximum absolute atomic E-state index is 10.6. The molecule has 2 nitrogen and oxygen atoms in total. The van der Waals surface area contributed by atoms with Gasteiger partial charge in [-0.3, -0.25) is 0 Å². The molecule has 3 heteroatoms. The van der Waals surface area contributed by atoms with Crippen LogP contribution in [0, 0.1) is 0 Å². The number of aryl methyl sites for hydroxylation is 1. The quantitative estimate of drug-likeness (QED) is 0.646. The number of hydrogen-bond acceptors (Lipinski definition) is 2. The molecule has 0 saturated carbocycles. The standard InChI is InChI=1S/C10H9ClO2/c11-10(12)13-9-6-2-4-7-3-1-5-8(7)9/h2,4,6H,1,3,5H2. The minimum Gasteiger partial charge on any atom is -0.414 e. The van der Waals surface area contributed by atoms with Crippen LogP contribution >= 0.6 is 11.6 Å². The van der Waals surface area contributed by atoms with Gasteiger partial charge < -0.3 is 4.74 Å². The lowest BCUT2D eigenvalue weighted by Crippen LogP contribution is -1.99. The average Bonchev–Trinajstić information content (AvgIpc) is 2.51. The fourth-order valence-corrected chi connectivity index (χ4v) is 1.85. The molecule has 0 bridgehead atoms. The Balaban J connectivity index is 2.36. The van der Waals surface area contributed by atoms with E-state index in [1.807, 2.05) is 6.07 Å². The van der Waals surface area contributed by atoms with Crippen molar-refractivity contribution < 1.29 is 9.53 Å². The highest BCUT2D eigenvalue weighted by atomic mass is 35.5. The molecule has 0 saturated heterocycles. The molecule has 0 atom stereocenters. The predicted octanol–water partition coefficient (Wildman–Crippen LogP) is 2.91. The summed E-state index contributed by atoms with van der Waals surface area (Å²) in [7, 11) is 0. The van der Waals surface area contributed by atoms with E-state index in [1.54, 1.807) is 6.07 Å². The van der Waals surface area contributed by atoms with E-state index in [0.717, 1.165) is 24.8 Å². The SMILES string of the molecule is O=C(Cl)Oc1cccc2c1CCC2. The van der Waals surface area contributed by atoms with E-state index in [1.165, 1.54) is 5.56 Å². The van der Waals surface area contributed by atoms with Crippen LogP contribution in [0.15, 0.2) is 18.2 Å². The van der Waals surface area contributed by atoms with Crippen molar-refractivity contribution in [2.45, 2.75) is 19.3 Å². The summed E-state index contributed by atoms with van der Waals surface area (Å²) in [4.78, 5) is 10.6. The number of rotatable bonds is 1. The molecule has 0 amide bonds. The van der Waals surface area contributed by atoms with Crippen LogP contribution < -0.4 is 4.74 Å². The second-order valence-electron chi connectivity index (χ2n) is 3.09. The molecule has 0 aliphatic heterocycles. The van der Waals surface area contributed by atoms with E-state index in [4.69, 9.17) is 16.3 Å². The van der Waals surface area contributed by atoms with E-state index in [0.29, 0.717) is 5.75 Å². The molecular formula is C10H9ClO2. The average molecular weight is 197 g/mol. The Labute approximate surface area is 81.5 Å². The Morgan fingerprint density at radius 2 is 2.23 bits per heavy atom. The van der Waals surface area contributed by atoms with Gasteiger partial charge in [0.05, 0.1) is 0 Å². The van der Waals surface area contributed by atoms with Crippen molar-refractivity contribution in [1.82, 2.24) is 0 Å². The van der Waals surface area contributed by atoms with Crippen LogP contribution in [0.3, 0.4) is 0 Å². The van der Waals surface area contributed by atoms with Crippen molar-refractivity contribution in [3.05, 3.63) is 29.3 Å². The zero-order valence-electron chi connectivity index (χ0n) is 7.05. The van der Waals surface area contributed by atoms with Gasteiger partial charge in [0.25, 0.3) is 0 Å². The van der Waals surface area contributed by atoms with Crippen molar-refractivity contribution in [3.63, 3.8) is 0 Å². The first-order valence-corrected chi connectivity index (χ1v) is 4.63. The number of hydrogen-bond donors (Lipinski definition) is 0. The third kappa shape index (κ3) is 1.68. The molecule has 0 spiro atoms. The topological polar surface area (TPSA) is 26.3 Å². The van der Waals surface area contributed by atoms with Crippen molar-refractivity contribution >= 4 is 17.0 Å². The van der Waals surface area contributed by atoms with Gasteiger partial charge in [-0.15, -0.1) is 0 Å². The summed E-state index contributed by atoms with van der Waals surface area (Å²) in [5, 5.41) is 0. The van der Waals surface area contributed by atoms with Crippen LogP contribution in [-0.4, -0.2) is 5.43 Å². The summed E-state index contributed by atoms with van der Waals surface area (Å²) in [5.74, 6) is 0.620. The molecule has 0 fully saturated rings. The fraction of sp³-hybridized carbons (Fsp3) is 0.300. The maximum atomic E-state index is 10.6. The van der Waals surface area contributed by atoms with Gasteiger partial charge in [-0.2, -0.15) is 0 Å². The lowest BCUT2D eigenvalue weighted by atomic mass is 10.1. The normalized spacial score (nSPS) is 13.9. The van der Waals surface area contributed by atoms with Crippen LogP contribution in [0.2, 0.25) is 0 Å². The molecule has 1 aromatic carbocycles. The Morgan fingerprint density at radius 1 is 1.38 bits per heavy atom. The third-order valence-electron chi connectivity index (χ3n) is 2.29. The summed E-state index contributed by atoms with van der Waals surface area (Å²) in [5.41, 5.74) is 1.65. The van der Waals surface area contributed by atoms with Crippen LogP contribution in [-0.2, 0) is 12.8 Å². The maximum Gasteiger partial charge on any atom is 0.409 e. The second-order valence-corrected chi connectivity index (χ2v) is 3.40. The molecular weight excluding hydrogens is 188 g/mol. The van der Waals surface area contributed by atoms with Crippen LogP contribution in [0.5, 0.6) is 5.75 Å². The van der Waals surface area contributed by atoms with Gasteiger partial charge in [0, 0.05) is 11.6 Å². The Hall–Kier alpha value is -1.02. The third-order valence-corrected chi connectivity index (χ3v) is 2.37. The minimum atomic E-state index is -0.764. The van der Waals surface area contributed by atoms with Gasteiger partial charge >= 0.3 is 5.43 Å². The van der Waals surface area contributed by atoms with Crippen molar-refractivity contribution in [2.75, 3.05) is 0 Å². The van der Waals surface area contributed by atoms with Crippen LogP contribution in [0.1, 0.15) is 17.5 Å². The number of ether oxygens (including phenoxy) is 1. The van der Waals surface area contributed by atoms with Crippen molar-refractivity contribution in [3.8, 4) is 5.75 Å². The number of carbonyl (C=O) groups excluding carboxylic acids is 1. The highest BCUT2D eigenvalue weighted by molar-refractivity contribution is 6.61. The van der Waals surface area contributed by atoms with E-state index in [9.17, 15) is 4.79 Å². The molecule has 68 valence electrons. The number of halogens is 1. The smallest absolute Gasteiger partial charge is 0.409 e. The fourth-order valence-electron chi connectivity index (χ4n) is 1.77. The summed E-state index contributed by atoms with van der Waals surface area (Å²) in [6, 6.07) is 5.73. The lowest BCUT2D eigenvalue weighted by molar-refractivity contribution is 0.225. The van der Waals surface area contributed by atoms with Crippen molar-refractivity contribution in [2.24, 2.45) is 0 Å². The predicted molar refractivity (Wildman–Crippen MR) is 50.3 cm³/mol. The molecule has 2 rings (SSSR count). The van der Waals surface area contributed by atoms with E-state index >= 15 is 0 Å². The molecule has 13 heavy (non-hydrogen) atoms. The molecule has 0 unspecified atom stereocenters. The molecule has 0 radical (unpaired) electrons. The first kappa shape index (κ1) is 8.57. The minimum absolute atomic E-state index is 0.620. The number of fused-ring (bicyclic) bond motifs is 1. The van der Waals surface area contributed by atoms with Gasteiger partial charge in [-0.1, -0.05) is 12.1 Å². The zero-order chi connectivity index (χ0) is 9.26. The molecule has 0 aromatic heterocycles. The van der Waals surface area contributed by atoms with Gasteiger partial charge in [0.2, 0.25) is 0 Å². The van der Waals surface area contributed by atoms with E-state index < -0.39 is 5.43 Å².